The van der Waals surface area contributed by atoms with Gasteiger partial charge in [-0.3, -0.25) is 0 Å². The van der Waals surface area contributed by atoms with Crippen molar-refractivity contribution in [2.45, 2.75) is 52.0 Å². The van der Waals surface area contributed by atoms with Crippen LogP contribution in [0.5, 0.6) is 0 Å². The number of aryl methyl sites for hydroxylation is 1. The molecule has 1 aromatic heterocycles. The summed E-state index contributed by atoms with van der Waals surface area (Å²) in [6, 6.07) is 0. The van der Waals surface area contributed by atoms with Crippen molar-refractivity contribution in [3.63, 3.8) is 0 Å². The maximum Gasteiger partial charge on any atom is 0.133 e. The summed E-state index contributed by atoms with van der Waals surface area (Å²) in [6.45, 7) is 9.41. The fourth-order valence-corrected chi connectivity index (χ4v) is 2.61. The number of unbranched alkanes of at least 4 members (excludes halogenated alkanes) is 1. The molecule has 3 nitrogen and oxygen atoms in total. The molecule has 0 aliphatic rings. The van der Waals surface area contributed by atoms with E-state index in [0.717, 1.165) is 35.4 Å². The monoisotopic (exact) mass is 253 g/mol. The zero-order chi connectivity index (χ0) is 12.7. The summed E-state index contributed by atoms with van der Waals surface area (Å²) in [5.41, 5.74) is 1.19. The average Bonchev–Trinajstić information content (AvgIpc) is 2.31. The van der Waals surface area contributed by atoms with Crippen LogP contribution in [-0.2, 0) is 0 Å². The van der Waals surface area contributed by atoms with Crippen LogP contribution in [0.25, 0.3) is 0 Å². The largest absolute Gasteiger partial charge is 0.370 e. The minimum Gasteiger partial charge on any atom is -0.370 e. The standard InChI is InChI=1S/C13H23N3S/c1-5-7-9-17-13-10(3)12(14-8-6-2)15-11(4)16-13/h5-9H2,1-4H3,(H,14,15,16). The minimum atomic E-state index is 0.855. The van der Waals surface area contributed by atoms with Gasteiger partial charge in [0.1, 0.15) is 16.7 Å². The van der Waals surface area contributed by atoms with Crippen LogP contribution in [-0.4, -0.2) is 22.3 Å². The van der Waals surface area contributed by atoms with Gasteiger partial charge in [0.15, 0.2) is 0 Å². The van der Waals surface area contributed by atoms with Gasteiger partial charge in [-0.25, -0.2) is 9.97 Å². The molecular formula is C13H23N3S. The van der Waals surface area contributed by atoms with Crippen LogP contribution in [0.1, 0.15) is 44.5 Å². The molecule has 96 valence electrons. The molecule has 0 bridgehead atoms. The van der Waals surface area contributed by atoms with Crippen molar-refractivity contribution in [2.75, 3.05) is 17.6 Å². The lowest BCUT2D eigenvalue weighted by atomic mass is 10.3. The van der Waals surface area contributed by atoms with Gasteiger partial charge in [-0.1, -0.05) is 20.3 Å². The van der Waals surface area contributed by atoms with E-state index in [2.05, 4.69) is 36.1 Å². The highest BCUT2D eigenvalue weighted by Gasteiger charge is 2.08. The van der Waals surface area contributed by atoms with Crippen LogP contribution in [0.4, 0.5) is 5.82 Å². The van der Waals surface area contributed by atoms with Crippen LogP contribution in [0.15, 0.2) is 5.03 Å². The lowest BCUT2D eigenvalue weighted by molar-refractivity contribution is 0.885. The molecule has 0 fully saturated rings. The lowest BCUT2D eigenvalue weighted by Crippen LogP contribution is -2.07. The summed E-state index contributed by atoms with van der Waals surface area (Å²) in [6.07, 6.45) is 3.59. The second kappa shape index (κ2) is 7.54. The highest BCUT2D eigenvalue weighted by molar-refractivity contribution is 7.99. The maximum absolute atomic E-state index is 4.53. The molecule has 0 aromatic carbocycles. The van der Waals surface area contributed by atoms with Crippen molar-refractivity contribution in [1.29, 1.82) is 0 Å². The van der Waals surface area contributed by atoms with Gasteiger partial charge in [-0.2, -0.15) is 0 Å². The molecule has 1 aromatic rings. The van der Waals surface area contributed by atoms with E-state index < -0.39 is 0 Å². The number of thioether (sulfide) groups is 1. The first kappa shape index (κ1) is 14.3. The Bertz CT molecular complexity index is 353. The normalized spacial score (nSPS) is 10.6. The van der Waals surface area contributed by atoms with Crippen LogP contribution >= 0.6 is 11.8 Å². The molecule has 17 heavy (non-hydrogen) atoms. The van der Waals surface area contributed by atoms with E-state index in [4.69, 9.17) is 0 Å². The molecule has 4 heteroatoms. The Kier molecular flexibility index (Phi) is 6.34. The number of nitrogens with one attached hydrogen (secondary N) is 1. The summed E-state index contributed by atoms with van der Waals surface area (Å²) in [5.74, 6) is 2.99. The molecule has 0 atom stereocenters. The van der Waals surface area contributed by atoms with Gasteiger partial charge >= 0.3 is 0 Å². The molecule has 0 amide bonds. The van der Waals surface area contributed by atoms with E-state index in [-0.39, 0.29) is 0 Å². The van der Waals surface area contributed by atoms with Crippen LogP contribution in [0, 0.1) is 13.8 Å². The first-order valence-corrected chi connectivity index (χ1v) is 7.39. The molecule has 1 rings (SSSR count). The van der Waals surface area contributed by atoms with Gasteiger partial charge in [0, 0.05) is 12.1 Å². The first-order chi connectivity index (χ1) is 8.19. The fourth-order valence-electron chi connectivity index (χ4n) is 1.47. The van der Waals surface area contributed by atoms with Gasteiger partial charge in [0.05, 0.1) is 0 Å². The van der Waals surface area contributed by atoms with Crippen molar-refractivity contribution in [3.8, 4) is 0 Å². The van der Waals surface area contributed by atoms with E-state index in [1.165, 1.54) is 18.4 Å². The molecule has 1 heterocycles. The number of anilines is 1. The number of aromatic nitrogens is 2. The molecule has 0 spiro atoms. The fraction of sp³-hybridized carbons (Fsp3) is 0.692. The average molecular weight is 253 g/mol. The Labute approximate surface area is 109 Å². The smallest absolute Gasteiger partial charge is 0.133 e. The second-order valence-electron chi connectivity index (χ2n) is 4.18. The summed E-state index contributed by atoms with van der Waals surface area (Å²) in [5, 5.41) is 4.50. The highest BCUT2D eigenvalue weighted by atomic mass is 32.2. The van der Waals surface area contributed by atoms with E-state index in [1.807, 2.05) is 18.7 Å². The maximum atomic E-state index is 4.53. The molecule has 1 N–H and O–H groups in total. The third kappa shape index (κ3) is 4.54. The summed E-state index contributed by atoms with van der Waals surface area (Å²) in [4.78, 5) is 8.99. The SMILES string of the molecule is CCCCSc1nc(C)nc(NCCC)c1C. The number of nitrogens with zero attached hydrogens (tertiary/aromatic N) is 2. The van der Waals surface area contributed by atoms with E-state index in [9.17, 15) is 0 Å². The third-order valence-corrected chi connectivity index (χ3v) is 3.66. The molecule has 0 aliphatic heterocycles. The Morgan fingerprint density at radius 3 is 2.53 bits per heavy atom. The zero-order valence-corrected chi connectivity index (χ0v) is 12.2. The summed E-state index contributed by atoms with van der Waals surface area (Å²) >= 11 is 1.84. The predicted octanol–water partition coefficient (Wildman–Crippen LogP) is 3.81. The lowest BCUT2D eigenvalue weighted by Gasteiger charge is -2.12. The number of hydrogen-bond acceptors (Lipinski definition) is 4. The van der Waals surface area contributed by atoms with Gasteiger partial charge < -0.3 is 5.32 Å². The quantitative estimate of drug-likeness (QED) is 0.455. The van der Waals surface area contributed by atoms with Crippen molar-refractivity contribution in [3.05, 3.63) is 11.4 Å². The highest BCUT2D eigenvalue weighted by Crippen LogP contribution is 2.25. The van der Waals surface area contributed by atoms with Gasteiger partial charge in [0.25, 0.3) is 0 Å². The van der Waals surface area contributed by atoms with Crippen molar-refractivity contribution in [2.24, 2.45) is 0 Å². The molecule has 0 unspecified atom stereocenters. The van der Waals surface area contributed by atoms with Crippen molar-refractivity contribution < 1.29 is 0 Å². The summed E-state index contributed by atoms with van der Waals surface area (Å²) in [7, 11) is 0. The Morgan fingerprint density at radius 2 is 1.88 bits per heavy atom. The molecule has 0 aliphatic carbocycles. The molecule has 0 saturated carbocycles. The Hall–Kier alpha value is -0.770. The summed E-state index contributed by atoms with van der Waals surface area (Å²) < 4.78 is 0. The van der Waals surface area contributed by atoms with Crippen molar-refractivity contribution in [1.82, 2.24) is 9.97 Å². The Morgan fingerprint density at radius 1 is 1.12 bits per heavy atom. The van der Waals surface area contributed by atoms with E-state index >= 15 is 0 Å². The minimum absolute atomic E-state index is 0.855. The molecule has 0 saturated heterocycles. The van der Waals surface area contributed by atoms with Gasteiger partial charge in [-0.05, 0) is 32.4 Å². The topological polar surface area (TPSA) is 37.8 Å². The van der Waals surface area contributed by atoms with Crippen LogP contribution in [0.3, 0.4) is 0 Å². The zero-order valence-electron chi connectivity index (χ0n) is 11.3. The number of rotatable bonds is 7. The molecule has 0 radical (unpaired) electrons. The Balaban J connectivity index is 2.77. The van der Waals surface area contributed by atoms with Gasteiger partial charge in [0.2, 0.25) is 0 Å². The van der Waals surface area contributed by atoms with Crippen LogP contribution < -0.4 is 5.32 Å². The second-order valence-corrected chi connectivity index (χ2v) is 5.26. The van der Waals surface area contributed by atoms with Crippen LogP contribution in [0.2, 0.25) is 0 Å². The first-order valence-electron chi connectivity index (χ1n) is 6.40. The predicted molar refractivity (Wildman–Crippen MR) is 75.9 cm³/mol. The van der Waals surface area contributed by atoms with E-state index in [1.54, 1.807) is 0 Å². The third-order valence-electron chi connectivity index (χ3n) is 2.49. The van der Waals surface area contributed by atoms with E-state index in [0.29, 0.717) is 0 Å². The van der Waals surface area contributed by atoms with Crippen molar-refractivity contribution >= 4 is 17.6 Å². The number of hydrogen-bond donors (Lipinski definition) is 1. The molecular weight excluding hydrogens is 230 g/mol. The van der Waals surface area contributed by atoms with Gasteiger partial charge in [-0.15, -0.1) is 11.8 Å².